The number of carbonyl (C=O) groups is 2. The number of allylic oxidation sites excluding steroid dienone is 2. The van der Waals surface area contributed by atoms with Crippen LogP contribution in [0.4, 0.5) is 0 Å². The number of aliphatic hydroxyl groups excluding tert-OH is 2. The van der Waals surface area contributed by atoms with Gasteiger partial charge in [0.05, 0.1) is 25.4 Å². The average Bonchev–Trinajstić information content (AvgIpc) is 3.51. The van der Waals surface area contributed by atoms with Gasteiger partial charge in [0.15, 0.2) is 0 Å². The van der Waals surface area contributed by atoms with E-state index in [1.165, 1.54) is 379 Å². The van der Waals surface area contributed by atoms with Crippen LogP contribution in [-0.4, -0.2) is 47.4 Å². The van der Waals surface area contributed by atoms with Crippen molar-refractivity contribution in [1.29, 1.82) is 0 Å². The lowest BCUT2D eigenvalue weighted by molar-refractivity contribution is -0.143. The summed E-state index contributed by atoms with van der Waals surface area (Å²) in [4.78, 5) is 24.7. The van der Waals surface area contributed by atoms with E-state index in [4.69, 9.17) is 4.74 Å². The highest BCUT2D eigenvalue weighted by Crippen LogP contribution is 2.20. The molecule has 2 unspecified atom stereocenters. The van der Waals surface area contributed by atoms with Crippen molar-refractivity contribution in [2.45, 2.75) is 463 Å². The molecule has 0 spiro atoms. The molecular formula is C78H153NO5. The summed E-state index contributed by atoms with van der Waals surface area (Å²) in [7, 11) is 0. The molecule has 0 heterocycles. The average molecular weight is 1190 g/mol. The molecule has 0 aliphatic carbocycles. The number of aliphatic hydroxyl groups is 2. The van der Waals surface area contributed by atoms with Crippen molar-refractivity contribution in [2.75, 3.05) is 13.2 Å². The van der Waals surface area contributed by atoms with E-state index in [0.29, 0.717) is 25.9 Å². The summed E-state index contributed by atoms with van der Waals surface area (Å²) >= 11 is 0. The minimum absolute atomic E-state index is 0.0190. The number of hydrogen-bond acceptors (Lipinski definition) is 5. The van der Waals surface area contributed by atoms with Gasteiger partial charge in [-0.05, 0) is 51.4 Å². The Morgan fingerprint density at radius 1 is 0.321 bits per heavy atom. The van der Waals surface area contributed by atoms with E-state index < -0.39 is 12.1 Å². The Morgan fingerprint density at radius 3 is 0.845 bits per heavy atom. The van der Waals surface area contributed by atoms with Gasteiger partial charge in [-0.25, -0.2) is 0 Å². The molecule has 0 saturated heterocycles. The number of carbonyl (C=O) groups excluding carboxylic acids is 2. The van der Waals surface area contributed by atoms with Crippen molar-refractivity contribution in [1.82, 2.24) is 5.32 Å². The van der Waals surface area contributed by atoms with Gasteiger partial charge in [0, 0.05) is 12.8 Å². The minimum Gasteiger partial charge on any atom is -0.466 e. The second-order valence-corrected chi connectivity index (χ2v) is 27.0. The van der Waals surface area contributed by atoms with Crippen LogP contribution in [0.15, 0.2) is 12.2 Å². The van der Waals surface area contributed by atoms with E-state index in [0.717, 1.165) is 38.5 Å². The van der Waals surface area contributed by atoms with Gasteiger partial charge in [-0.15, -0.1) is 0 Å². The summed E-state index contributed by atoms with van der Waals surface area (Å²) < 4.78 is 5.51. The van der Waals surface area contributed by atoms with Crippen molar-refractivity contribution in [3.8, 4) is 0 Å². The zero-order chi connectivity index (χ0) is 60.6. The van der Waals surface area contributed by atoms with Crippen LogP contribution < -0.4 is 5.32 Å². The van der Waals surface area contributed by atoms with Gasteiger partial charge in [-0.2, -0.15) is 0 Å². The van der Waals surface area contributed by atoms with Gasteiger partial charge in [-0.3, -0.25) is 9.59 Å². The maximum Gasteiger partial charge on any atom is 0.305 e. The van der Waals surface area contributed by atoms with Gasteiger partial charge in [0.1, 0.15) is 0 Å². The fourth-order valence-electron chi connectivity index (χ4n) is 12.6. The smallest absolute Gasteiger partial charge is 0.305 e. The van der Waals surface area contributed by atoms with Crippen LogP contribution in [0, 0.1) is 0 Å². The summed E-state index contributed by atoms with van der Waals surface area (Å²) in [5.74, 6) is -0.0131. The zero-order valence-electron chi connectivity index (χ0n) is 57.4. The van der Waals surface area contributed by atoms with Crippen molar-refractivity contribution in [2.24, 2.45) is 0 Å². The SMILES string of the molecule is CCCCCCCCCCCCCCCCCCCCCCCCCCCC(O)C(CO)NC(=O)CCCCCCCCCCC/C=C\CCCCCCCCCCCCCCOC(=O)CCCCCCCCCCCCCCCCCCC. The number of amides is 1. The third kappa shape index (κ3) is 69.7. The molecule has 0 rings (SSSR count). The Kier molecular flexibility index (Phi) is 72.8. The van der Waals surface area contributed by atoms with E-state index in [2.05, 4.69) is 31.3 Å². The molecule has 0 saturated carbocycles. The monoisotopic (exact) mass is 1180 g/mol. The Bertz CT molecular complexity index is 1270. The van der Waals surface area contributed by atoms with E-state index in [1.807, 2.05) is 0 Å². The van der Waals surface area contributed by atoms with Gasteiger partial charge < -0.3 is 20.3 Å². The first-order valence-electron chi connectivity index (χ1n) is 38.9. The summed E-state index contributed by atoms with van der Waals surface area (Å²) in [6, 6.07) is -0.545. The number of unbranched alkanes of at least 4 members (excludes halogenated alkanes) is 61. The molecule has 0 fully saturated rings. The molecule has 2 atom stereocenters. The number of ether oxygens (including phenoxy) is 1. The molecule has 0 bridgehead atoms. The molecule has 0 aliphatic heterocycles. The van der Waals surface area contributed by atoms with Gasteiger partial charge in [-0.1, -0.05) is 398 Å². The first-order chi connectivity index (χ1) is 41.5. The normalized spacial score (nSPS) is 12.5. The molecule has 0 aromatic rings. The zero-order valence-corrected chi connectivity index (χ0v) is 57.4. The topological polar surface area (TPSA) is 95.9 Å². The highest BCUT2D eigenvalue weighted by molar-refractivity contribution is 5.76. The Morgan fingerprint density at radius 2 is 0.560 bits per heavy atom. The number of esters is 1. The van der Waals surface area contributed by atoms with Crippen LogP contribution in [0.5, 0.6) is 0 Å². The standard InChI is InChI=1S/C78H153NO5/c1-3-5-7-9-11-13-15-17-19-21-22-23-24-26-29-32-35-39-42-46-50-54-58-62-66-70-76(81)75(74-80)79-77(82)71-67-63-59-55-51-47-43-40-36-33-30-27-25-28-31-34-37-41-45-49-53-57-61-65-69-73-84-78(83)72-68-64-60-56-52-48-44-38-20-18-16-14-12-10-8-6-4-2/h27,30,75-76,80-81H,3-26,28-29,31-74H2,1-2H3,(H,79,82)/b30-27-. The largest absolute Gasteiger partial charge is 0.466 e. The second kappa shape index (κ2) is 74.1. The molecule has 0 aromatic heterocycles. The van der Waals surface area contributed by atoms with Gasteiger partial charge >= 0.3 is 5.97 Å². The highest BCUT2D eigenvalue weighted by Gasteiger charge is 2.20. The molecule has 500 valence electrons. The maximum atomic E-state index is 12.6. The lowest BCUT2D eigenvalue weighted by Crippen LogP contribution is -2.45. The molecule has 3 N–H and O–H groups in total. The second-order valence-electron chi connectivity index (χ2n) is 27.0. The molecule has 6 nitrogen and oxygen atoms in total. The summed E-state index contributed by atoms with van der Waals surface area (Å²) in [6.07, 6.45) is 92.9. The minimum atomic E-state index is -0.668. The quantitative estimate of drug-likeness (QED) is 0.0320. The maximum absolute atomic E-state index is 12.6. The Labute approximate surface area is 527 Å². The predicted octanol–water partition coefficient (Wildman–Crippen LogP) is 25.5. The lowest BCUT2D eigenvalue weighted by atomic mass is 10.0. The number of hydrogen-bond donors (Lipinski definition) is 3. The molecule has 6 heteroatoms. The van der Waals surface area contributed by atoms with E-state index >= 15 is 0 Å². The lowest BCUT2D eigenvalue weighted by Gasteiger charge is -2.22. The summed E-state index contributed by atoms with van der Waals surface area (Å²) in [5, 5.41) is 23.5. The Balaban J connectivity index is 3.38. The molecule has 1 amide bonds. The van der Waals surface area contributed by atoms with Crippen LogP contribution in [0.2, 0.25) is 0 Å². The summed E-state index contributed by atoms with van der Waals surface area (Å²) in [6.45, 7) is 5.01. The van der Waals surface area contributed by atoms with Crippen molar-refractivity contribution < 1.29 is 24.5 Å². The van der Waals surface area contributed by atoms with E-state index in [1.54, 1.807) is 0 Å². The number of nitrogens with one attached hydrogen (secondary N) is 1. The van der Waals surface area contributed by atoms with Gasteiger partial charge in [0.2, 0.25) is 5.91 Å². The van der Waals surface area contributed by atoms with Crippen LogP contribution in [0.3, 0.4) is 0 Å². The van der Waals surface area contributed by atoms with Crippen LogP contribution in [0.1, 0.15) is 450 Å². The third-order valence-electron chi connectivity index (χ3n) is 18.6. The van der Waals surface area contributed by atoms with Crippen LogP contribution >= 0.6 is 0 Å². The van der Waals surface area contributed by atoms with Crippen molar-refractivity contribution >= 4 is 11.9 Å². The highest BCUT2D eigenvalue weighted by atomic mass is 16.5. The first kappa shape index (κ1) is 82.6. The fraction of sp³-hybridized carbons (Fsp3) is 0.949. The molecular weight excluding hydrogens is 1030 g/mol. The third-order valence-corrected chi connectivity index (χ3v) is 18.6. The molecule has 0 radical (unpaired) electrons. The molecule has 84 heavy (non-hydrogen) atoms. The first-order valence-corrected chi connectivity index (χ1v) is 38.9. The summed E-state index contributed by atoms with van der Waals surface area (Å²) in [5.41, 5.74) is 0. The molecule has 0 aromatic carbocycles. The number of rotatable bonds is 74. The van der Waals surface area contributed by atoms with Gasteiger partial charge in [0.25, 0.3) is 0 Å². The predicted molar refractivity (Wildman–Crippen MR) is 370 cm³/mol. The van der Waals surface area contributed by atoms with Crippen molar-refractivity contribution in [3.63, 3.8) is 0 Å². The van der Waals surface area contributed by atoms with Crippen molar-refractivity contribution in [3.05, 3.63) is 12.2 Å². The fourth-order valence-corrected chi connectivity index (χ4v) is 12.6. The Hall–Kier alpha value is -1.40. The van der Waals surface area contributed by atoms with E-state index in [9.17, 15) is 19.8 Å². The van der Waals surface area contributed by atoms with E-state index in [-0.39, 0.29) is 18.5 Å². The molecule has 0 aliphatic rings. The van der Waals surface area contributed by atoms with Crippen LogP contribution in [-0.2, 0) is 14.3 Å². The van der Waals surface area contributed by atoms with Crippen LogP contribution in [0.25, 0.3) is 0 Å².